The predicted octanol–water partition coefficient (Wildman–Crippen LogP) is -1.37. The second kappa shape index (κ2) is 15.8. The molecule has 1 N–H and O–H groups in total. The fourth-order valence-corrected chi connectivity index (χ4v) is 4.22. The number of hydrogen-bond acceptors (Lipinski definition) is 12. The van der Waals surface area contributed by atoms with Crippen LogP contribution in [-0.4, -0.2) is 50.6 Å². The molecule has 0 spiro atoms. The number of aliphatic carboxylic acids is 1. The zero-order valence-electron chi connectivity index (χ0n) is 21.8. The number of carbonyl (C=O) groups is 1. The largest absolute Gasteiger partial charge is 1.00 e. The van der Waals surface area contributed by atoms with Crippen molar-refractivity contribution in [2.75, 3.05) is 18.5 Å². The number of nitrogens with zero attached hydrogens (tertiary/aromatic N) is 5. The van der Waals surface area contributed by atoms with Crippen molar-refractivity contribution in [2.24, 2.45) is 20.5 Å². The first-order valence-electron chi connectivity index (χ1n) is 10.9. The van der Waals surface area contributed by atoms with Crippen LogP contribution in [0.4, 0.5) is 28.4 Å². The van der Waals surface area contributed by atoms with Crippen molar-refractivity contribution in [3.8, 4) is 0 Å². The monoisotopic (exact) mass is 605 g/mol. The molecule has 3 aromatic rings. The Kier molecular flexibility index (Phi) is 14.2. The summed E-state index contributed by atoms with van der Waals surface area (Å²) in [5.41, 5.74) is 1.18. The summed E-state index contributed by atoms with van der Waals surface area (Å²) >= 11 is 0. The molecule has 0 fully saturated rings. The van der Waals surface area contributed by atoms with Gasteiger partial charge in [0.2, 0.25) is 0 Å². The minimum atomic E-state index is -4.95. The molecule has 0 aliphatic heterocycles. The van der Waals surface area contributed by atoms with Crippen molar-refractivity contribution >= 4 is 54.6 Å². The summed E-state index contributed by atoms with van der Waals surface area (Å²) in [6.45, 7) is 0.537. The average molecular weight is 606 g/mol. The first-order valence-corrected chi connectivity index (χ1v) is 13.7. The Bertz CT molecular complexity index is 1580. The molecular weight excluding hydrogens is 584 g/mol. The Hall–Kier alpha value is -2.05. The Balaban J connectivity index is 0.00000400. The molecule has 0 saturated carbocycles. The molecule has 3 aromatic carbocycles. The molecule has 0 unspecified atom stereocenters. The van der Waals surface area contributed by atoms with Crippen molar-refractivity contribution in [1.29, 1.82) is 0 Å². The van der Waals surface area contributed by atoms with Crippen LogP contribution in [0, 0.1) is 0 Å². The van der Waals surface area contributed by atoms with E-state index in [0.717, 1.165) is 23.9 Å². The summed E-state index contributed by atoms with van der Waals surface area (Å²) in [4.78, 5) is 11.4. The van der Waals surface area contributed by atoms with E-state index >= 15 is 0 Å². The van der Waals surface area contributed by atoms with Crippen LogP contribution in [0.25, 0.3) is 0 Å². The van der Waals surface area contributed by atoms with Gasteiger partial charge in [0, 0.05) is 25.7 Å². The summed E-state index contributed by atoms with van der Waals surface area (Å²) in [5.74, 6) is -0.865. The van der Waals surface area contributed by atoms with Gasteiger partial charge in [0.05, 0.1) is 26.9 Å². The van der Waals surface area contributed by atoms with E-state index in [1.165, 1.54) is 24.3 Å². The number of benzene rings is 3. The Labute approximate surface area is 275 Å². The molecule has 0 radical (unpaired) electrons. The minimum Gasteiger partial charge on any atom is -0.744 e. The van der Waals surface area contributed by atoms with Gasteiger partial charge in [-0.1, -0.05) is 0 Å². The zero-order chi connectivity index (χ0) is 27.9. The van der Waals surface area contributed by atoms with Crippen molar-refractivity contribution in [3.63, 3.8) is 0 Å². The summed E-state index contributed by atoms with van der Waals surface area (Å²) in [7, 11) is -7.75. The van der Waals surface area contributed by atoms with Gasteiger partial charge in [0.15, 0.2) is 0 Å². The van der Waals surface area contributed by atoms with Crippen LogP contribution in [0.2, 0.25) is 0 Å². The normalized spacial score (nSPS) is 11.7. The summed E-state index contributed by atoms with van der Waals surface area (Å²) in [6.07, 6.45) is 0.539. The summed E-state index contributed by atoms with van der Waals surface area (Å²) < 4.78 is 68.4. The molecule has 40 heavy (non-hydrogen) atoms. The van der Waals surface area contributed by atoms with Crippen LogP contribution in [-0.2, 0) is 25.0 Å². The smallest absolute Gasteiger partial charge is 0.744 e. The topological polar surface area (TPSA) is 204 Å². The van der Waals surface area contributed by atoms with E-state index < -0.39 is 36.0 Å². The minimum absolute atomic E-state index is 0. The molecule has 0 aliphatic carbocycles. The second-order valence-electron chi connectivity index (χ2n) is 7.89. The number of carboxylic acid groups (broad SMARTS) is 1. The third kappa shape index (κ3) is 11.1. The molecule has 0 aromatic heterocycles. The number of carboxylic acids is 1. The van der Waals surface area contributed by atoms with E-state index in [9.17, 15) is 30.7 Å². The van der Waals surface area contributed by atoms with E-state index in [2.05, 4.69) is 20.5 Å². The van der Waals surface area contributed by atoms with E-state index in [1.54, 1.807) is 24.3 Å². The number of azo groups is 2. The van der Waals surface area contributed by atoms with Crippen molar-refractivity contribution in [2.45, 2.75) is 22.6 Å². The second-order valence-corrected chi connectivity index (χ2v) is 10.6. The standard InChI is InChI=1S/C23H23N5O8S2.2Na/c1-28(14-2-3-23(29)30)19-9-4-16(5-10-19)25-27-21-13-8-18(15-22(21)38(34,35)36)26-24-17-6-11-20(12-7-17)37(31,32)33;;/h4-13,15H,2-3,14H2,1H3,(H,29,30)(H,31,32,33)(H,34,35,36);;/q;2*+1/p-2. The van der Waals surface area contributed by atoms with Crippen LogP contribution in [0.15, 0.2) is 97.0 Å². The van der Waals surface area contributed by atoms with Gasteiger partial charge in [-0.15, -0.1) is 5.11 Å². The first-order chi connectivity index (χ1) is 17.8. The third-order valence-corrected chi connectivity index (χ3v) is 6.78. The van der Waals surface area contributed by atoms with Crippen LogP contribution in [0.3, 0.4) is 0 Å². The first kappa shape index (κ1) is 36.0. The van der Waals surface area contributed by atoms with Crippen LogP contribution in [0.1, 0.15) is 12.8 Å². The average Bonchev–Trinajstić information content (AvgIpc) is 2.85. The van der Waals surface area contributed by atoms with Gasteiger partial charge in [-0.2, -0.15) is 15.3 Å². The van der Waals surface area contributed by atoms with Gasteiger partial charge < -0.3 is 19.1 Å². The van der Waals surface area contributed by atoms with E-state index in [4.69, 9.17) is 5.11 Å². The Morgan fingerprint density at radius 3 is 1.80 bits per heavy atom. The molecule has 0 amide bonds. The Morgan fingerprint density at radius 2 is 1.27 bits per heavy atom. The molecular formula is C23H21N5Na2O8S2. The molecule has 13 nitrogen and oxygen atoms in total. The molecule has 0 bridgehead atoms. The number of hydrogen-bond donors (Lipinski definition) is 1. The fraction of sp³-hybridized carbons (Fsp3) is 0.174. The van der Waals surface area contributed by atoms with Gasteiger partial charge in [-0.05, 0) is 73.2 Å². The van der Waals surface area contributed by atoms with Gasteiger partial charge in [-0.3, -0.25) is 4.79 Å². The molecule has 200 valence electrons. The maximum atomic E-state index is 11.8. The molecule has 3 rings (SSSR count). The molecule has 0 atom stereocenters. The maximum Gasteiger partial charge on any atom is 1.00 e. The maximum absolute atomic E-state index is 11.8. The van der Waals surface area contributed by atoms with Crippen LogP contribution >= 0.6 is 0 Å². The van der Waals surface area contributed by atoms with Crippen LogP contribution < -0.4 is 64.0 Å². The van der Waals surface area contributed by atoms with Crippen molar-refractivity contribution in [3.05, 3.63) is 66.7 Å². The van der Waals surface area contributed by atoms with E-state index in [0.29, 0.717) is 18.7 Å². The summed E-state index contributed by atoms with van der Waals surface area (Å²) in [5, 5.41) is 24.3. The van der Waals surface area contributed by atoms with E-state index in [1.807, 2.05) is 11.9 Å². The van der Waals surface area contributed by atoms with Crippen molar-refractivity contribution < 1.29 is 95.0 Å². The third-order valence-electron chi connectivity index (χ3n) is 5.07. The van der Waals surface area contributed by atoms with Crippen molar-refractivity contribution in [1.82, 2.24) is 0 Å². The molecule has 0 aliphatic rings. The fourth-order valence-electron chi connectivity index (χ4n) is 3.12. The molecule has 0 heterocycles. The van der Waals surface area contributed by atoms with Gasteiger partial charge >= 0.3 is 65.1 Å². The predicted molar refractivity (Wildman–Crippen MR) is 134 cm³/mol. The van der Waals surface area contributed by atoms with Gasteiger partial charge in [-0.25, -0.2) is 16.8 Å². The SMILES string of the molecule is CN(CCCC(=O)O)c1ccc(N=Nc2ccc(N=Nc3ccc(S(=O)(=O)[O-])cc3)cc2S(=O)(=O)[O-])cc1.[Na+].[Na+]. The zero-order valence-corrected chi connectivity index (χ0v) is 27.5. The molecule has 17 heteroatoms. The molecule has 0 saturated heterocycles. The quantitative estimate of drug-likeness (QED) is 0.155. The number of anilines is 1. The van der Waals surface area contributed by atoms with Gasteiger partial charge in [0.1, 0.15) is 25.9 Å². The summed E-state index contributed by atoms with van der Waals surface area (Å²) in [6, 6.07) is 14.9. The Morgan fingerprint density at radius 1 is 0.775 bits per heavy atom. The van der Waals surface area contributed by atoms with Gasteiger partial charge in [0.25, 0.3) is 0 Å². The van der Waals surface area contributed by atoms with Crippen LogP contribution in [0.5, 0.6) is 0 Å². The number of rotatable bonds is 11. The van der Waals surface area contributed by atoms with E-state index in [-0.39, 0.29) is 82.6 Å².